The van der Waals surface area contributed by atoms with Crippen LogP contribution in [0.2, 0.25) is 0 Å². The van der Waals surface area contributed by atoms with Gasteiger partial charge in [0.25, 0.3) is 0 Å². The fourth-order valence-electron chi connectivity index (χ4n) is 1.71. The summed E-state index contributed by atoms with van der Waals surface area (Å²) in [5, 5.41) is 7.42. The monoisotopic (exact) mass is 234 g/mol. The van der Waals surface area contributed by atoms with Gasteiger partial charge < -0.3 is 5.73 Å². The van der Waals surface area contributed by atoms with Gasteiger partial charge in [0.1, 0.15) is 0 Å². The Kier molecular flexibility index (Phi) is 5.10. The zero-order valence-electron chi connectivity index (χ0n) is 10.9. The maximum Gasteiger partial charge on any atom is 0.0947 e. The van der Waals surface area contributed by atoms with Crippen molar-refractivity contribution in [3.8, 4) is 0 Å². The van der Waals surface area contributed by atoms with E-state index in [-0.39, 0.29) is 11.8 Å². The maximum atomic E-state index is 7.42. The first kappa shape index (κ1) is 13.6. The van der Waals surface area contributed by atoms with Crippen molar-refractivity contribution < 1.29 is 0 Å². The fourth-order valence-corrected chi connectivity index (χ4v) is 1.71. The third kappa shape index (κ3) is 4.53. The molecule has 0 aromatic carbocycles. The average Bonchev–Trinajstić information content (AvgIpc) is 2.27. The van der Waals surface area contributed by atoms with Crippen LogP contribution >= 0.6 is 0 Å². The molecule has 0 saturated carbocycles. The van der Waals surface area contributed by atoms with Gasteiger partial charge in [-0.15, -0.1) is 0 Å². The molecule has 1 atom stereocenters. The van der Waals surface area contributed by atoms with Gasteiger partial charge in [-0.25, -0.2) is 0 Å². The number of nitrogens with one attached hydrogen (secondary N) is 1. The van der Waals surface area contributed by atoms with Crippen molar-refractivity contribution in [2.75, 3.05) is 13.1 Å². The van der Waals surface area contributed by atoms with Gasteiger partial charge in [-0.05, 0) is 25.6 Å². The highest BCUT2D eigenvalue weighted by atomic mass is 15.1. The number of aryl methyl sites for hydroxylation is 1. The van der Waals surface area contributed by atoms with Gasteiger partial charge in [-0.3, -0.25) is 15.3 Å². The van der Waals surface area contributed by atoms with Gasteiger partial charge in [0.05, 0.1) is 11.5 Å². The molecule has 94 valence electrons. The molecular weight excluding hydrogens is 212 g/mol. The van der Waals surface area contributed by atoms with Crippen LogP contribution in [0.4, 0.5) is 0 Å². The minimum absolute atomic E-state index is 0.0970. The molecule has 1 rings (SSSR count). The van der Waals surface area contributed by atoms with Crippen LogP contribution in [0.1, 0.15) is 25.2 Å². The highest BCUT2D eigenvalue weighted by molar-refractivity contribution is 5.79. The number of hydrogen-bond acceptors (Lipinski definition) is 3. The summed E-state index contributed by atoms with van der Waals surface area (Å²) in [6.07, 6.45) is 0. The third-order valence-electron chi connectivity index (χ3n) is 2.84. The first-order valence-corrected chi connectivity index (χ1v) is 6.01. The van der Waals surface area contributed by atoms with Crippen LogP contribution in [-0.2, 0) is 6.54 Å². The largest absolute Gasteiger partial charge is 0.387 e. The lowest BCUT2D eigenvalue weighted by Gasteiger charge is -2.23. The number of nitrogens with two attached hydrogens (primary N) is 1. The van der Waals surface area contributed by atoms with Gasteiger partial charge in [0.15, 0.2) is 0 Å². The highest BCUT2D eigenvalue weighted by Crippen LogP contribution is 2.06. The highest BCUT2D eigenvalue weighted by Gasteiger charge is 2.11. The average molecular weight is 234 g/mol. The first-order valence-electron chi connectivity index (χ1n) is 6.01. The Balaban J connectivity index is 2.61. The number of amidine groups is 1. The van der Waals surface area contributed by atoms with Crippen molar-refractivity contribution in [3.63, 3.8) is 0 Å². The molecule has 17 heavy (non-hydrogen) atoms. The number of hydrogen-bond donors (Lipinski definition) is 2. The summed E-state index contributed by atoms with van der Waals surface area (Å²) in [6.45, 7) is 8.65. The van der Waals surface area contributed by atoms with Crippen LogP contribution in [0.15, 0.2) is 18.2 Å². The van der Waals surface area contributed by atoms with E-state index in [0.717, 1.165) is 31.0 Å². The molecule has 0 radical (unpaired) electrons. The van der Waals surface area contributed by atoms with E-state index >= 15 is 0 Å². The minimum Gasteiger partial charge on any atom is -0.387 e. The van der Waals surface area contributed by atoms with Crippen molar-refractivity contribution >= 4 is 5.84 Å². The quantitative estimate of drug-likeness (QED) is 0.582. The normalized spacial score (nSPS) is 12.7. The summed E-state index contributed by atoms with van der Waals surface area (Å²) in [5.74, 6) is 0.348. The molecule has 0 bridgehead atoms. The van der Waals surface area contributed by atoms with Crippen LogP contribution in [0.5, 0.6) is 0 Å². The van der Waals surface area contributed by atoms with Crippen molar-refractivity contribution in [3.05, 3.63) is 29.6 Å². The zero-order chi connectivity index (χ0) is 12.8. The summed E-state index contributed by atoms with van der Waals surface area (Å²) in [5.41, 5.74) is 7.61. The summed E-state index contributed by atoms with van der Waals surface area (Å²) >= 11 is 0. The molecule has 1 aromatic rings. The second-order valence-electron chi connectivity index (χ2n) is 4.45. The Morgan fingerprint density at radius 3 is 2.76 bits per heavy atom. The number of aromatic nitrogens is 1. The third-order valence-corrected chi connectivity index (χ3v) is 2.84. The van der Waals surface area contributed by atoms with Gasteiger partial charge in [-0.1, -0.05) is 19.9 Å². The predicted molar refractivity (Wildman–Crippen MR) is 71.0 cm³/mol. The standard InChI is InChI=1S/C13H22N4/c1-4-17(8-10(2)13(14)15)9-12-7-5-6-11(3)16-12/h5-7,10H,4,8-9H2,1-3H3,(H3,14,15). The number of nitrogens with zero attached hydrogens (tertiary/aromatic N) is 2. The van der Waals surface area contributed by atoms with Crippen LogP contribution in [0, 0.1) is 18.3 Å². The molecule has 3 N–H and O–H groups in total. The van der Waals surface area contributed by atoms with E-state index in [4.69, 9.17) is 11.1 Å². The Bertz CT molecular complexity index is 375. The summed E-state index contributed by atoms with van der Waals surface area (Å²) in [4.78, 5) is 6.74. The van der Waals surface area contributed by atoms with Crippen LogP contribution in [0.25, 0.3) is 0 Å². The minimum atomic E-state index is 0.0970. The fraction of sp³-hybridized carbons (Fsp3) is 0.538. The molecule has 0 aliphatic heterocycles. The van der Waals surface area contributed by atoms with Crippen molar-refractivity contribution in [2.45, 2.75) is 27.3 Å². The number of rotatable bonds is 6. The van der Waals surface area contributed by atoms with E-state index in [1.165, 1.54) is 0 Å². The first-order chi connectivity index (χ1) is 8.02. The maximum absolute atomic E-state index is 7.42. The second-order valence-corrected chi connectivity index (χ2v) is 4.45. The molecule has 0 fully saturated rings. The molecule has 4 heteroatoms. The molecule has 0 aliphatic rings. The van der Waals surface area contributed by atoms with Crippen LogP contribution in [-0.4, -0.2) is 28.8 Å². The van der Waals surface area contributed by atoms with E-state index in [2.05, 4.69) is 16.8 Å². The van der Waals surface area contributed by atoms with E-state index in [9.17, 15) is 0 Å². The van der Waals surface area contributed by atoms with Crippen molar-refractivity contribution in [1.82, 2.24) is 9.88 Å². The topological polar surface area (TPSA) is 66.0 Å². The molecule has 4 nitrogen and oxygen atoms in total. The molecule has 0 spiro atoms. The van der Waals surface area contributed by atoms with Gasteiger partial charge in [0.2, 0.25) is 0 Å². The molecule has 0 amide bonds. The van der Waals surface area contributed by atoms with E-state index in [1.807, 2.05) is 32.0 Å². The lowest BCUT2D eigenvalue weighted by atomic mass is 10.1. The zero-order valence-corrected chi connectivity index (χ0v) is 10.9. The van der Waals surface area contributed by atoms with Gasteiger partial charge >= 0.3 is 0 Å². The predicted octanol–water partition coefficient (Wildman–Crippen LogP) is 1.78. The van der Waals surface area contributed by atoms with Crippen LogP contribution < -0.4 is 5.73 Å². The SMILES string of the molecule is CCN(Cc1cccc(C)n1)CC(C)C(=N)N. The molecular formula is C13H22N4. The molecule has 1 aromatic heterocycles. The lowest BCUT2D eigenvalue weighted by Crippen LogP contribution is -2.34. The van der Waals surface area contributed by atoms with E-state index < -0.39 is 0 Å². The van der Waals surface area contributed by atoms with Crippen molar-refractivity contribution in [2.24, 2.45) is 11.7 Å². The molecule has 1 unspecified atom stereocenters. The smallest absolute Gasteiger partial charge is 0.0947 e. The Hall–Kier alpha value is -1.42. The lowest BCUT2D eigenvalue weighted by molar-refractivity contribution is 0.260. The Morgan fingerprint density at radius 1 is 1.53 bits per heavy atom. The molecule has 0 saturated heterocycles. The molecule has 1 heterocycles. The van der Waals surface area contributed by atoms with Gasteiger partial charge in [-0.2, -0.15) is 0 Å². The summed E-state index contributed by atoms with van der Waals surface area (Å²) in [7, 11) is 0. The number of pyridine rings is 1. The van der Waals surface area contributed by atoms with Gasteiger partial charge in [0, 0.05) is 24.7 Å². The summed E-state index contributed by atoms with van der Waals surface area (Å²) in [6, 6.07) is 6.06. The summed E-state index contributed by atoms with van der Waals surface area (Å²) < 4.78 is 0. The Morgan fingerprint density at radius 2 is 2.24 bits per heavy atom. The van der Waals surface area contributed by atoms with E-state index in [1.54, 1.807) is 0 Å². The van der Waals surface area contributed by atoms with Crippen molar-refractivity contribution in [1.29, 1.82) is 5.41 Å². The second kappa shape index (κ2) is 6.35. The van der Waals surface area contributed by atoms with Crippen LogP contribution in [0.3, 0.4) is 0 Å². The molecule has 0 aliphatic carbocycles. The Labute approximate surface area is 103 Å². The van der Waals surface area contributed by atoms with E-state index in [0.29, 0.717) is 0 Å².